The number of carboxylic acid groups (broad SMARTS) is 1. The minimum Gasteiger partial charge on any atom is -0.494 e. The number of hydrogen-bond acceptors (Lipinski definition) is 10. The van der Waals surface area contributed by atoms with E-state index in [0.717, 1.165) is 79.6 Å². The van der Waals surface area contributed by atoms with Crippen molar-refractivity contribution < 1.29 is 37.6 Å². The quantitative estimate of drug-likeness (QED) is 0.120. The molecule has 0 amide bonds. The molecule has 2 saturated heterocycles. The minimum absolute atomic E-state index is 0.0271. The Bertz CT molecular complexity index is 2040. The van der Waals surface area contributed by atoms with Crippen LogP contribution in [-0.4, -0.2) is 90.6 Å². The average Bonchev–Trinajstić information content (AvgIpc) is 3.57. The lowest BCUT2D eigenvalue weighted by Crippen LogP contribution is -2.44. The van der Waals surface area contributed by atoms with Crippen LogP contribution in [0.3, 0.4) is 0 Å². The Kier molecular flexibility index (Phi) is 13.1. The molecule has 288 valence electrons. The second-order valence-corrected chi connectivity index (χ2v) is 16.6. The molecule has 0 saturated carbocycles. The zero-order valence-corrected chi connectivity index (χ0v) is 32.3. The van der Waals surface area contributed by atoms with Crippen molar-refractivity contribution in [3.05, 3.63) is 100 Å². The molecule has 3 aromatic carbocycles. The topological polar surface area (TPSA) is 139 Å². The van der Waals surface area contributed by atoms with Crippen LogP contribution in [0.25, 0.3) is 11.1 Å². The molecule has 0 bridgehead atoms. The number of aliphatic hydroxyl groups is 1. The second kappa shape index (κ2) is 18.0. The molecule has 0 radical (unpaired) electrons. The van der Waals surface area contributed by atoms with Crippen LogP contribution in [0, 0.1) is 6.92 Å². The molecule has 13 heteroatoms. The first-order chi connectivity index (χ1) is 25.9. The summed E-state index contributed by atoms with van der Waals surface area (Å²) in [5.41, 5.74) is 5.36. The minimum atomic E-state index is -3.46. The number of benzene rings is 3. The second-order valence-electron chi connectivity index (χ2n) is 14.2. The normalized spacial score (nSPS) is 18.1. The number of halogens is 1. The molecule has 2 fully saturated rings. The van der Waals surface area contributed by atoms with Crippen LogP contribution < -0.4 is 14.2 Å². The Morgan fingerprint density at radius 2 is 1.76 bits per heavy atom. The zero-order valence-electron chi connectivity index (χ0n) is 30.7. The van der Waals surface area contributed by atoms with E-state index in [1.165, 1.54) is 12.3 Å². The van der Waals surface area contributed by atoms with Gasteiger partial charge in [-0.3, -0.25) is 14.7 Å². The van der Waals surface area contributed by atoms with Crippen LogP contribution in [0.15, 0.2) is 78.0 Å². The number of aliphatic hydroxyl groups excluding tert-OH is 1. The predicted molar refractivity (Wildman–Crippen MR) is 207 cm³/mol. The third-order valence-electron chi connectivity index (χ3n) is 10.1. The first-order valence-electron chi connectivity index (χ1n) is 18.4. The summed E-state index contributed by atoms with van der Waals surface area (Å²) in [6.45, 7) is 6.40. The van der Waals surface area contributed by atoms with Gasteiger partial charge in [-0.1, -0.05) is 48.4 Å². The van der Waals surface area contributed by atoms with Crippen molar-refractivity contribution in [3.8, 4) is 28.4 Å². The summed E-state index contributed by atoms with van der Waals surface area (Å²) >= 11 is 6.83. The summed E-state index contributed by atoms with van der Waals surface area (Å²) in [5, 5.41) is 20.0. The molecule has 11 nitrogen and oxygen atoms in total. The molecule has 6 rings (SSSR count). The average molecular weight is 778 g/mol. The van der Waals surface area contributed by atoms with Crippen LogP contribution in [-0.2, 0) is 34.4 Å². The summed E-state index contributed by atoms with van der Waals surface area (Å²) in [6.07, 6.45) is 7.77. The van der Waals surface area contributed by atoms with E-state index in [2.05, 4.69) is 28.9 Å². The van der Waals surface area contributed by atoms with Crippen molar-refractivity contribution >= 4 is 27.4 Å². The highest BCUT2D eigenvalue weighted by Crippen LogP contribution is 2.37. The largest absolute Gasteiger partial charge is 0.494 e. The van der Waals surface area contributed by atoms with Crippen molar-refractivity contribution in [1.29, 1.82) is 0 Å². The first-order valence-corrected chi connectivity index (χ1v) is 20.6. The molecule has 2 atom stereocenters. The third-order valence-corrected chi connectivity index (χ3v) is 11.5. The number of carboxylic acids is 1. The number of β-amino-alcohol motifs (C(OH)–C–C–N with tert-alkyl or cyclic N) is 1. The number of piperidine rings is 1. The highest BCUT2D eigenvalue weighted by Gasteiger charge is 2.29. The number of rotatable bonds is 16. The van der Waals surface area contributed by atoms with Gasteiger partial charge in [-0.15, -0.1) is 0 Å². The van der Waals surface area contributed by atoms with Gasteiger partial charge in [0.05, 0.1) is 22.6 Å². The number of pyridine rings is 1. The van der Waals surface area contributed by atoms with Crippen LogP contribution in [0.2, 0.25) is 5.02 Å². The molecular weight excluding hydrogens is 730 g/mol. The van der Waals surface area contributed by atoms with E-state index in [4.69, 9.17) is 25.8 Å². The van der Waals surface area contributed by atoms with Crippen molar-refractivity contribution in [2.45, 2.75) is 75.8 Å². The van der Waals surface area contributed by atoms with Crippen molar-refractivity contribution in [3.63, 3.8) is 0 Å². The van der Waals surface area contributed by atoms with Crippen molar-refractivity contribution in [2.24, 2.45) is 0 Å². The Hall–Kier alpha value is -4.20. The van der Waals surface area contributed by atoms with Crippen LogP contribution >= 0.6 is 11.6 Å². The highest BCUT2D eigenvalue weighted by molar-refractivity contribution is 7.90. The Morgan fingerprint density at radius 1 is 0.944 bits per heavy atom. The summed E-state index contributed by atoms with van der Waals surface area (Å²) in [7, 11) is -3.46. The monoisotopic (exact) mass is 777 g/mol. The van der Waals surface area contributed by atoms with Gasteiger partial charge in [-0.2, -0.15) is 0 Å². The van der Waals surface area contributed by atoms with Gasteiger partial charge in [-0.05, 0) is 85.7 Å². The Balaban J connectivity index is 1.18. The number of aliphatic carboxylic acids is 1. The van der Waals surface area contributed by atoms with E-state index in [1.807, 2.05) is 35.2 Å². The van der Waals surface area contributed by atoms with Crippen molar-refractivity contribution in [1.82, 2.24) is 14.8 Å². The summed E-state index contributed by atoms with van der Waals surface area (Å²) in [6, 6.07) is 18.5. The number of aromatic nitrogens is 1. The molecule has 1 aromatic heterocycles. The molecular formula is C41H48ClN3O8S. The van der Waals surface area contributed by atoms with E-state index >= 15 is 0 Å². The molecule has 2 aliphatic rings. The fourth-order valence-electron chi connectivity index (χ4n) is 7.08. The van der Waals surface area contributed by atoms with E-state index < -0.39 is 21.8 Å². The van der Waals surface area contributed by atoms with Gasteiger partial charge in [0.15, 0.2) is 9.84 Å². The lowest BCUT2D eigenvalue weighted by atomic mass is 9.96. The number of carbonyl (C=O) groups is 1. The molecule has 2 N–H and O–H groups in total. The number of sulfone groups is 1. The van der Waals surface area contributed by atoms with E-state index in [-0.39, 0.29) is 24.2 Å². The summed E-state index contributed by atoms with van der Waals surface area (Å²) in [5.74, 6) is 0.788. The number of nitrogens with zero attached hydrogens (tertiary/aromatic N) is 3. The smallest absolute Gasteiger partial charge is 0.320 e. The number of hydrogen-bond donors (Lipinski definition) is 2. The molecule has 3 heterocycles. The van der Waals surface area contributed by atoms with Crippen LogP contribution in [0.5, 0.6) is 17.2 Å². The Labute approximate surface area is 322 Å². The number of ether oxygens (including phenoxy) is 3. The SMILES string of the molecule is Cc1c(COc2cc(OCc3cncc(S(C)(=O)=O)c3)c(CN3CCCC[C@H]3C(=O)O)cc2Cl)cccc1-c1cccc(OCCCN2CC[C@@H](O)C2)c1. The highest BCUT2D eigenvalue weighted by atomic mass is 35.5. The van der Waals surface area contributed by atoms with Crippen LogP contribution in [0.4, 0.5) is 0 Å². The molecule has 4 aromatic rings. The van der Waals surface area contributed by atoms with Gasteiger partial charge in [-0.25, -0.2) is 8.42 Å². The van der Waals surface area contributed by atoms with Gasteiger partial charge in [0.2, 0.25) is 0 Å². The van der Waals surface area contributed by atoms with E-state index in [1.54, 1.807) is 18.3 Å². The summed E-state index contributed by atoms with van der Waals surface area (Å²) < 4.78 is 43.0. The van der Waals surface area contributed by atoms with E-state index in [0.29, 0.717) is 53.8 Å². The standard InChI is InChI=1S/C41H48ClN3O8S/c1-28-31(9-6-11-36(28)30-8-5-10-34(19-30)51-17-7-14-44-16-13-33(46)25-44)27-53-40-21-39(52-26-29-18-35(23-43-22-29)54(2,49)50)32(20-37(40)42)24-45-15-4-3-12-38(45)41(47)48/h5-6,8-11,18-23,33,38,46H,3-4,7,12-17,24-27H2,1-2H3,(H,47,48)/t33-,38+/m1/s1. The van der Waals surface area contributed by atoms with Crippen LogP contribution in [0.1, 0.15) is 54.4 Å². The first kappa shape index (κ1) is 39.5. The fraction of sp³-hybridized carbons (Fsp3) is 0.415. The Morgan fingerprint density at radius 3 is 2.54 bits per heavy atom. The van der Waals surface area contributed by atoms with Gasteiger partial charge in [0, 0.05) is 62.0 Å². The maximum Gasteiger partial charge on any atom is 0.320 e. The van der Waals surface area contributed by atoms with Gasteiger partial charge in [0.25, 0.3) is 0 Å². The molecule has 54 heavy (non-hydrogen) atoms. The predicted octanol–water partition coefficient (Wildman–Crippen LogP) is 6.55. The van der Waals surface area contributed by atoms with Gasteiger partial charge >= 0.3 is 5.97 Å². The fourth-order valence-corrected chi connectivity index (χ4v) is 7.94. The van der Waals surface area contributed by atoms with E-state index in [9.17, 15) is 23.4 Å². The molecule has 2 aliphatic heterocycles. The third kappa shape index (κ3) is 10.3. The van der Waals surface area contributed by atoms with Gasteiger partial charge in [0.1, 0.15) is 36.5 Å². The summed E-state index contributed by atoms with van der Waals surface area (Å²) in [4.78, 5) is 20.4. The lowest BCUT2D eigenvalue weighted by Gasteiger charge is -2.33. The van der Waals surface area contributed by atoms with Crippen molar-refractivity contribution in [2.75, 3.05) is 39.0 Å². The molecule has 0 unspecified atom stereocenters. The van der Waals surface area contributed by atoms with Gasteiger partial charge < -0.3 is 29.3 Å². The maximum absolute atomic E-state index is 12.1. The zero-order chi connectivity index (χ0) is 38.2. The maximum atomic E-state index is 12.1. The lowest BCUT2D eigenvalue weighted by molar-refractivity contribution is -0.144. The molecule has 0 aliphatic carbocycles. The number of likely N-dealkylation sites (tertiary alicyclic amines) is 2. The molecule has 0 spiro atoms.